The molecule has 2 heterocycles. The maximum absolute atomic E-state index is 12.3. The molecule has 2 aliphatic heterocycles. The number of hydrogen-bond donors (Lipinski definition) is 2. The Kier molecular flexibility index (Phi) is 6.12. The van der Waals surface area contributed by atoms with Gasteiger partial charge in [-0.1, -0.05) is 6.07 Å². The molecule has 0 bridgehead atoms. The highest BCUT2D eigenvalue weighted by Gasteiger charge is 2.20. The minimum Gasteiger partial charge on any atom is -0.486 e. The van der Waals surface area contributed by atoms with Gasteiger partial charge in [0.2, 0.25) is 5.91 Å². The van der Waals surface area contributed by atoms with E-state index in [2.05, 4.69) is 15.1 Å². The normalized spacial score (nSPS) is 19.4. The van der Waals surface area contributed by atoms with Gasteiger partial charge in [0.25, 0.3) is 0 Å². The number of fused-ring (bicyclic) bond motifs is 1. The SMILES string of the molecule is C[C@@H](NC(=O)CN1CCN(CCO)CC1)c1ccc2c(c1)OCCO2. The van der Waals surface area contributed by atoms with Gasteiger partial charge in [0.1, 0.15) is 13.2 Å². The minimum absolute atomic E-state index is 0.0259. The first-order chi connectivity index (χ1) is 12.2. The van der Waals surface area contributed by atoms with Crippen LogP contribution in [0.25, 0.3) is 0 Å². The number of nitrogens with zero attached hydrogens (tertiary/aromatic N) is 2. The lowest BCUT2D eigenvalue weighted by Gasteiger charge is -2.34. The van der Waals surface area contributed by atoms with E-state index in [0.29, 0.717) is 26.3 Å². The standard InChI is InChI=1S/C18H27N3O4/c1-14(15-2-3-16-17(12-15)25-11-10-24-16)19-18(23)13-21-6-4-20(5-7-21)8-9-22/h2-3,12,14,22H,4-11,13H2,1H3,(H,19,23)/t14-/m1/s1. The molecule has 7 heteroatoms. The van der Waals surface area contributed by atoms with Gasteiger partial charge in [-0.3, -0.25) is 14.6 Å². The number of piperazine rings is 1. The predicted molar refractivity (Wildman–Crippen MR) is 94.0 cm³/mol. The lowest BCUT2D eigenvalue weighted by Crippen LogP contribution is -2.50. The summed E-state index contributed by atoms with van der Waals surface area (Å²) in [5, 5.41) is 12.0. The average molecular weight is 349 g/mol. The van der Waals surface area contributed by atoms with E-state index < -0.39 is 0 Å². The predicted octanol–water partition coefficient (Wildman–Crippen LogP) is 0.245. The first kappa shape index (κ1) is 18.0. The zero-order valence-corrected chi connectivity index (χ0v) is 14.7. The summed E-state index contributed by atoms with van der Waals surface area (Å²) in [7, 11) is 0. The third kappa shape index (κ3) is 4.84. The first-order valence-electron chi connectivity index (χ1n) is 8.90. The Morgan fingerprint density at radius 1 is 1.16 bits per heavy atom. The van der Waals surface area contributed by atoms with E-state index in [1.54, 1.807) is 0 Å². The van der Waals surface area contributed by atoms with Crippen molar-refractivity contribution in [3.8, 4) is 11.5 Å². The summed E-state index contributed by atoms with van der Waals surface area (Å²) >= 11 is 0. The van der Waals surface area contributed by atoms with E-state index in [1.165, 1.54) is 0 Å². The van der Waals surface area contributed by atoms with Gasteiger partial charge in [0.15, 0.2) is 11.5 Å². The molecule has 7 nitrogen and oxygen atoms in total. The van der Waals surface area contributed by atoms with Crippen LogP contribution in [0.4, 0.5) is 0 Å². The van der Waals surface area contributed by atoms with Gasteiger partial charge < -0.3 is 19.9 Å². The highest BCUT2D eigenvalue weighted by atomic mass is 16.6. The van der Waals surface area contributed by atoms with Crippen molar-refractivity contribution in [2.45, 2.75) is 13.0 Å². The lowest BCUT2D eigenvalue weighted by molar-refractivity contribution is -0.123. The Morgan fingerprint density at radius 3 is 2.56 bits per heavy atom. The summed E-state index contributed by atoms with van der Waals surface area (Å²) < 4.78 is 11.1. The quantitative estimate of drug-likeness (QED) is 0.767. The van der Waals surface area contributed by atoms with E-state index in [9.17, 15) is 4.79 Å². The average Bonchev–Trinajstić information content (AvgIpc) is 2.63. The fourth-order valence-corrected chi connectivity index (χ4v) is 3.22. The van der Waals surface area contributed by atoms with Crippen LogP contribution in [0, 0.1) is 0 Å². The highest BCUT2D eigenvalue weighted by Crippen LogP contribution is 2.32. The minimum atomic E-state index is -0.0843. The molecule has 25 heavy (non-hydrogen) atoms. The third-order valence-electron chi connectivity index (χ3n) is 4.69. The van der Waals surface area contributed by atoms with Crippen LogP contribution < -0.4 is 14.8 Å². The molecular weight excluding hydrogens is 322 g/mol. The largest absolute Gasteiger partial charge is 0.486 e. The van der Waals surface area contributed by atoms with Crippen molar-refractivity contribution in [1.29, 1.82) is 0 Å². The summed E-state index contributed by atoms with van der Waals surface area (Å²) in [5.74, 6) is 1.53. The molecule has 2 N–H and O–H groups in total. The van der Waals surface area contributed by atoms with Crippen LogP contribution in [0.1, 0.15) is 18.5 Å². The van der Waals surface area contributed by atoms with Crippen molar-refractivity contribution in [2.75, 3.05) is 59.1 Å². The van der Waals surface area contributed by atoms with E-state index in [0.717, 1.165) is 43.2 Å². The van der Waals surface area contributed by atoms with Crippen LogP contribution in [0.3, 0.4) is 0 Å². The Hall–Kier alpha value is -1.83. The Bertz CT molecular complexity index is 588. The second kappa shape index (κ2) is 8.51. The highest BCUT2D eigenvalue weighted by molar-refractivity contribution is 5.78. The summed E-state index contributed by atoms with van der Waals surface area (Å²) in [6, 6.07) is 5.71. The van der Waals surface area contributed by atoms with Crippen molar-refractivity contribution in [3.63, 3.8) is 0 Å². The van der Waals surface area contributed by atoms with E-state index in [1.807, 2.05) is 25.1 Å². The fraction of sp³-hybridized carbons (Fsp3) is 0.611. The van der Waals surface area contributed by atoms with Crippen molar-refractivity contribution in [1.82, 2.24) is 15.1 Å². The second-order valence-electron chi connectivity index (χ2n) is 6.53. The van der Waals surface area contributed by atoms with E-state index in [-0.39, 0.29) is 18.6 Å². The summed E-state index contributed by atoms with van der Waals surface area (Å²) in [5.41, 5.74) is 1.00. The Morgan fingerprint density at radius 2 is 1.84 bits per heavy atom. The molecule has 138 valence electrons. The summed E-state index contributed by atoms with van der Waals surface area (Å²) in [6.07, 6.45) is 0. The van der Waals surface area contributed by atoms with Crippen molar-refractivity contribution < 1.29 is 19.4 Å². The van der Waals surface area contributed by atoms with Gasteiger partial charge in [-0.15, -0.1) is 0 Å². The maximum atomic E-state index is 12.3. The number of β-amino-alcohol motifs (C(OH)–C–C–N with tert-alkyl or cyclic N) is 1. The lowest BCUT2D eigenvalue weighted by atomic mass is 10.1. The number of rotatable bonds is 6. The van der Waals surface area contributed by atoms with Gasteiger partial charge in [-0.2, -0.15) is 0 Å². The number of amides is 1. The monoisotopic (exact) mass is 349 g/mol. The number of hydrogen-bond acceptors (Lipinski definition) is 6. The van der Waals surface area contributed by atoms with Crippen LogP contribution in [-0.4, -0.2) is 79.9 Å². The van der Waals surface area contributed by atoms with Crippen molar-refractivity contribution in [3.05, 3.63) is 23.8 Å². The smallest absolute Gasteiger partial charge is 0.234 e. The zero-order chi connectivity index (χ0) is 17.6. The zero-order valence-electron chi connectivity index (χ0n) is 14.7. The van der Waals surface area contributed by atoms with Gasteiger partial charge in [-0.25, -0.2) is 0 Å². The van der Waals surface area contributed by atoms with Crippen LogP contribution in [0.5, 0.6) is 11.5 Å². The molecule has 0 spiro atoms. The Balaban J connectivity index is 1.48. The maximum Gasteiger partial charge on any atom is 0.234 e. The molecule has 0 unspecified atom stereocenters. The molecule has 0 aromatic heterocycles. The second-order valence-corrected chi connectivity index (χ2v) is 6.53. The van der Waals surface area contributed by atoms with Gasteiger partial charge in [0.05, 0.1) is 19.2 Å². The number of aliphatic hydroxyl groups excluding tert-OH is 1. The number of ether oxygens (including phenoxy) is 2. The van der Waals surface area contributed by atoms with Crippen molar-refractivity contribution in [2.24, 2.45) is 0 Å². The molecule has 2 aliphatic rings. The number of nitrogens with one attached hydrogen (secondary N) is 1. The third-order valence-corrected chi connectivity index (χ3v) is 4.69. The Labute approximate surface area is 148 Å². The molecule has 1 atom stereocenters. The summed E-state index contributed by atoms with van der Waals surface area (Å²) in [6.45, 7) is 7.90. The molecule has 1 aromatic carbocycles. The molecule has 0 radical (unpaired) electrons. The van der Waals surface area contributed by atoms with Crippen LogP contribution in [0.15, 0.2) is 18.2 Å². The molecule has 1 amide bonds. The molecular formula is C18H27N3O4. The fourth-order valence-electron chi connectivity index (χ4n) is 3.22. The van der Waals surface area contributed by atoms with Gasteiger partial charge in [-0.05, 0) is 24.6 Å². The molecule has 1 aromatic rings. The number of carbonyl (C=O) groups is 1. The first-order valence-corrected chi connectivity index (χ1v) is 8.90. The molecule has 0 aliphatic carbocycles. The van der Waals surface area contributed by atoms with E-state index in [4.69, 9.17) is 14.6 Å². The number of carbonyl (C=O) groups excluding carboxylic acids is 1. The van der Waals surface area contributed by atoms with Crippen LogP contribution in [-0.2, 0) is 4.79 Å². The molecule has 1 fully saturated rings. The van der Waals surface area contributed by atoms with Crippen molar-refractivity contribution >= 4 is 5.91 Å². The van der Waals surface area contributed by atoms with E-state index >= 15 is 0 Å². The summed E-state index contributed by atoms with van der Waals surface area (Å²) in [4.78, 5) is 16.7. The topological polar surface area (TPSA) is 74.3 Å². The molecule has 0 saturated carbocycles. The van der Waals surface area contributed by atoms with Crippen LogP contribution >= 0.6 is 0 Å². The van der Waals surface area contributed by atoms with Gasteiger partial charge >= 0.3 is 0 Å². The number of benzene rings is 1. The van der Waals surface area contributed by atoms with Gasteiger partial charge in [0, 0.05) is 32.7 Å². The molecule has 3 rings (SSSR count). The number of aliphatic hydroxyl groups is 1. The van der Waals surface area contributed by atoms with Crippen LogP contribution in [0.2, 0.25) is 0 Å². The molecule has 1 saturated heterocycles.